The molecule has 0 saturated heterocycles. The second kappa shape index (κ2) is 4.84. The number of aromatic nitrogens is 2. The van der Waals surface area contributed by atoms with Crippen molar-refractivity contribution >= 4 is 11.8 Å². The summed E-state index contributed by atoms with van der Waals surface area (Å²) in [5.41, 5.74) is 5.97. The van der Waals surface area contributed by atoms with Gasteiger partial charge < -0.3 is 4.42 Å². The van der Waals surface area contributed by atoms with Gasteiger partial charge in [0.15, 0.2) is 5.76 Å². The number of carbonyl (C=O) groups excluding carboxylic acids is 2. The van der Waals surface area contributed by atoms with Crippen LogP contribution in [0.1, 0.15) is 45.5 Å². The molecule has 1 saturated carbocycles. The van der Waals surface area contributed by atoms with E-state index in [-0.39, 0.29) is 5.76 Å². The number of aryl methyl sites for hydroxylation is 1. The normalized spacial score (nSPS) is 14.1. The summed E-state index contributed by atoms with van der Waals surface area (Å²) < 4.78 is 6.44. The Bertz CT molecular complexity index is 641. The first-order valence-corrected chi connectivity index (χ1v) is 6.33. The van der Waals surface area contributed by atoms with Crippen molar-refractivity contribution in [2.75, 3.05) is 0 Å². The van der Waals surface area contributed by atoms with Crippen molar-refractivity contribution in [1.29, 1.82) is 0 Å². The summed E-state index contributed by atoms with van der Waals surface area (Å²) in [7, 11) is 1.70. The molecule has 2 aromatic rings. The molecule has 0 aromatic carbocycles. The van der Waals surface area contributed by atoms with E-state index in [0.29, 0.717) is 11.6 Å². The molecule has 1 aliphatic rings. The Morgan fingerprint density at radius 3 is 2.75 bits per heavy atom. The van der Waals surface area contributed by atoms with Crippen LogP contribution in [0.5, 0.6) is 0 Å². The fraction of sp³-hybridized carbons (Fsp3) is 0.308. The third-order valence-corrected chi connectivity index (χ3v) is 3.16. The summed E-state index contributed by atoms with van der Waals surface area (Å²) in [5.74, 6) is -0.311. The van der Waals surface area contributed by atoms with Crippen LogP contribution in [0.15, 0.2) is 28.9 Å². The molecule has 0 aliphatic heterocycles. The van der Waals surface area contributed by atoms with Crippen LogP contribution < -0.4 is 10.9 Å². The van der Waals surface area contributed by atoms with Gasteiger partial charge in [-0.1, -0.05) is 0 Å². The summed E-state index contributed by atoms with van der Waals surface area (Å²) in [6.07, 6.45) is 3.63. The van der Waals surface area contributed by atoms with Crippen LogP contribution in [0.4, 0.5) is 0 Å². The first-order chi connectivity index (χ1) is 9.65. The smallest absolute Gasteiger partial charge is 0.305 e. The second-order valence-electron chi connectivity index (χ2n) is 4.74. The molecule has 1 aliphatic carbocycles. The number of rotatable bonds is 3. The zero-order chi connectivity index (χ0) is 14.1. The predicted octanol–water partition coefficient (Wildman–Crippen LogP) is 0.965. The molecule has 0 unspecified atom stereocenters. The number of hydrazine groups is 1. The Morgan fingerprint density at radius 1 is 1.35 bits per heavy atom. The van der Waals surface area contributed by atoms with E-state index in [9.17, 15) is 9.59 Å². The first kappa shape index (κ1) is 12.5. The number of amides is 2. The number of furan rings is 1. The molecule has 0 bridgehead atoms. The van der Waals surface area contributed by atoms with Gasteiger partial charge in [0.25, 0.3) is 5.91 Å². The van der Waals surface area contributed by atoms with Crippen LogP contribution in [0.25, 0.3) is 0 Å². The van der Waals surface area contributed by atoms with Crippen molar-refractivity contribution in [1.82, 2.24) is 20.6 Å². The van der Waals surface area contributed by atoms with Gasteiger partial charge in [-0.2, -0.15) is 5.10 Å². The van der Waals surface area contributed by atoms with E-state index in [1.165, 1.54) is 17.0 Å². The molecule has 7 heteroatoms. The molecule has 3 rings (SSSR count). The number of nitrogens with one attached hydrogen (secondary N) is 2. The van der Waals surface area contributed by atoms with E-state index in [0.717, 1.165) is 18.5 Å². The second-order valence-corrected chi connectivity index (χ2v) is 4.74. The Kier molecular flexibility index (Phi) is 3.02. The maximum absolute atomic E-state index is 12.0. The Labute approximate surface area is 114 Å². The highest BCUT2D eigenvalue weighted by Gasteiger charge is 2.28. The maximum Gasteiger partial charge on any atom is 0.305 e. The third-order valence-electron chi connectivity index (χ3n) is 3.16. The minimum atomic E-state index is -0.507. The topological polar surface area (TPSA) is 89.2 Å². The van der Waals surface area contributed by atoms with Gasteiger partial charge in [-0.15, -0.1) is 0 Å². The van der Waals surface area contributed by atoms with Gasteiger partial charge in [-0.3, -0.25) is 25.1 Å². The van der Waals surface area contributed by atoms with Crippen LogP contribution in [0.2, 0.25) is 0 Å². The van der Waals surface area contributed by atoms with Gasteiger partial charge in [0.05, 0.1) is 12.0 Å². The highest BCUT2D eigenvalue weighted by Crippen LogP contribution is 2.39. The van der Waals surface area contributed by atoms with Crippen molar-refractivity contribution in [2.24, 2.45) is 7.05 Å². The summed E-state index contributed by atoms with van der Waals surface area (Å²) in [6.45, 7) is 0. The van der Waals surface area contributed by atoms with Crippen molar-refractivity contribution in [3.05, 3.63) is 41.6 Å². The van der Waals surface area contributed by atoms with E-state index in [2.05, 4.69) is 16.0 Å². The molecule has 2 amide bonds. The zero-order valence-corrected chi connectivity index (χ0v) is 10.9. The van der Waals surface area contributed by atoms with Crippen molar-refractivity contribution in [2.45, 2.75) is 18.8 Å². The van der Waals surface area contributed by atoms with Gasteiger partial charge in [-0.05, 0) is 31.0 Å². The Balaban J connectivity index is 1.63. The average Bonchev–Trinajstić information content (AvgIpc) is 2.99. The Hall–Kier alpha value is -2.57. The number of nitrogens with zero attached hydrogens (tertiary/aromatic N) is 2. The molecule has 2 aromatic heterocycles. The minimum Gasteiger partial charge on any atom is -0.459 e. The highest BCUT2D eigenvalue weighted by molar-refractivity contribution is 5.97. The molecule has 1 fully saturated rings. The number of hydrogen-bond donors (Lipinski definition) is 2. The fourth-order valence-electron chi connectivity index (χ4n) is 1.93. The number of hydrogen-bond acceptors (Lipinski definition) is 4. The highest BCUT2D eigenvalue weighted by atomic mass is 16.3. The lowest BCUT2D eigenvalue weighted by Crippen LogP contribution is -2.42. The molecule has 0 radical (unpaired) electrons. The van der Waals surface area contributed by atoms with Crippen LogP contribution >= 0.6 is 0 Å². The lowest BCUT2D eigenvalue weighted by molar-refractivity contribution is 0.0826. The fourth-order valence-corrected chi connectivity index (χ4v) is 1.93. The molecule has 20 heavy (non-hydrogen) atoms. The van der Waals surface area contributed by atoms with E-state index < -0.39 is 11.8 Å². The van der Waals surface area contributed by atoms with Gasteiger partial charge in [-0.25, -0.2) is 0 Å². The van der Waals surface area contributed by atoms with Crippen molar-refractivity contribution in [3.63, 3.8) is 0 Å². The van der Waals surface area contributed by atoms with E-state index in [4.69, 9.17) is 4.42 Å². The van der Waals surface area contributed by atoms with Crippen LogP contribution in [0, 0.1) is 0 Å². The maximum atomic E-state index is 12.0. The summed E-state index contributed by atoms with van der Waals surface area (Å²) in [4.78, 5) is 23.6. The summed E-state index contributed by atoms with van der Waals surface area (Å²) in [6, 6.07) is 4.86. The molecule has 2 N–H and O–H groups in total. The van der Waals surface area contributed by atoms with E-state index in [1.54, 1.807) is 19.2 Å². The van der Waals surface area contributed by atoms with Crippen LogP contribution in [-0.4, -0.2) is 21.6 Å². The lowest BCUT2D eigenvalue weighted by Gasteiger charge is -2.05. The Morgan fingerprint density at radius 2 is 2.10 bits per heavy atom. The summed E-state index contributed by atoms with van der Waals surface area (Å²) in [5, 5.41) is 4.30. The third kappa shape index (κ3) is 2.42. The molecular formula is C13H14N4O3. The number of carbonyl (C=O) groups is 2. The van der Waals surface area contributed by atoms with Gasteiger partial charge in [0.1, 0.15) is 5.69 Å². The SMILES string of the molecule is Cn1nc(C2CC2)cc1C(=O)NNC(=O)c1ccco1. The molecule has 0 atom stereocenters. The largest absolute Gasteiger partial charge is 0.459 e. The van der Waals surface area contributed by atoms with Gasteiger partial charge in [0.2, 0.25) is 0 Å². The first-order valence-electron chi connectivity index (χ1n) is 6.33. The molecule has 2 heterocycles. The van der Waals surface area contributed by atoms with Crippen LogP contribution in [-0.2, 0) is 7.05 Å². The molecular weight excluding hydrogens is 260 g/mol. The molecule has 0 spiro atoms. The van der Waals surface area contributed by atoms with Crippen molar-refractivity contribution in [3.8, 4) is 0 Å². The van der Waals surface area contributed by atoms with Gasteiger partial charge in [0, 0.05) is 13.0 Å². The van der Waals surface area contributed by atoms with E-state index >= 15 is 0 Å². The van der Waals surface area contributed by atoms with E-state index in [1.807, 2.05) is 0 Å². The standard InChI is InChI=1S/C13H14N4O3/c1-17-10(7-9(16-17)8-4-5-8)12(18)14-15-13(19)11-3-2-6-20-11/h2-3,6-8H,4-5H2,1H3,(H,14,18)(H,15,19). The lowest BCUT2D eigenvalue weighted by atomic mass is 10.2. The molecule has 104 valence electrons. The predicted molar refractivity (Wildman–Crippen MR) is 68.8 cm³/mol. The zero-order valence-electron chi connectivity index (χ0n) is 10.9. The minimum absolute atomic E-state index is 0.133. The molecule has 7 nitrogen and oxygen atoms in total. The summed E-state index contributed by atoms with van der Waals surface area (Å²) >= 11 is 0. The van der Waals surface area contributed by atoms with Crippen LogP contribution in [0.3, 0.4) is 0 Å². The van der Waals surface area contributed by atoms with Crippen molar-refractivity contribution < 1.29 is 14.0 Å². The average molecular weight is 274 g/mol. The quantitative estimate of drug-likeness (QED) is 0.816. The van der Waals surface area contributed by atoms with Gasteiger partial charge >= 0.3 is 5.91 Å². The monoisotopic (exact) mass is 274 g/mol.